The van der Waals surface area contributed by atoms with Gasteiger partial charge in [0.05, 0.1) is 5.69 Å². The van der Waals surface area contributed by atoms with Crippen LogP contribution in [0, 0.1) is 0 Å². The number of urea groups is 1. The average Bonchev–Trinajstić information content (AvgIpc) is 2.41. The van der Waals surface area contributed by atoms with Crippen molar-refractivity contribution in [1.82, 2.24) is 9.82 Å². The van der Waals surface area contributed by atoms with Gasteiger partial charge >= 0.3 is 6.03 Å². The van der Waals surface area contributed by atoms with Gasteiger partial charge in [-0.15, -0.1) is 0 Å². The van der Waals surface area contributed by atoms with Crippen molar-refractivity contribution in [2.75, 3.05) is 4.90 Å². The lowest BCUT2D eigenvalue weighted by molar-refractivity contribution is 0.253. The van der Waals surface area contributed by atoms with Gasteiger partial charge in [-0.05, 0) is 24.3 Å². The molecule has 5 heteroatoms. The van der Waals surface area contributed by atoms with Gasteiger partial charge in [0, 0.05) is 18.0 Å². The van der Waals surface area contributed by atoms with Crippen LogP contribution in [0.25, 0.3) is 0 Å². The summed E-state index contributed by atoms with van der Waals surface area (Å²) in [5, 5.41) is 0. The first-order valence-corrected chi connectivity index (χ1v) is 5.37. The fraction of sp³-hybridized carbons (Fsp3) is 0. The molecular formula is C12H10ClN3O. The molecule has 17 heavy (non-hydrogen) atoms. The van der Waals surface area contributed by atoms with Crippen LogP contribution in [0.5, 0.6) is 0 Å². The Bertz CT molecular complexity index is 450. The quantitative estimate of drug-likeness (QED) is 0.829. The molecule has 0 aliphatic carbocycles. The van der Waals surface area contributed by atoms with Gasteiger partial charge in [-0.25, -0.2) is 19.5 Å². The molecule has 1 heterocycles. The maximum absolute atomic E-state index is 11.8. The maximum atomic E-state index is 11.8. The van der Waals surface area contributed by atoms with E-state index in [-0.39, 0.29) is 0 Å². The number of nitrogens with zero attached hydrogens (tertiary/aromatic N) is 2. The van der Waals surface area contributed by atoms with E-state index in [1.807, 2.05) is 18.2 Å². The van der Waals surface area contributed by atoms with E-state index in [1.54, 1.807) is 36.5 Å². The van der Waals surface area contributed by atoms with Gasteiger partial charge in [0.1, 0.15) is 5.82 Å². The Labute approximate surface area is 104 Å². The van der Waals surface area contributed by atoms with Gasteiger partial charge in [-0.1, -0.05) is 24.3 Å². The number of aromatic nitrogens is 1. The number of para-hydroxylation sites is 1. The van der Waals surface area contributed by atoms with Crippen LogP contribution >= 0.6 is 11.8 Å². The van der Waals surface area contributed by atoms with Gasteiger partial charge in [0.15, 0.2) is 0 Å². The molecule has 2 aromatic rings. The lowest BCUT2D eigenvalue weighted by Gasteiger charge is -2.20. The summed E-state index contributed by atoms with van der Waals surface area (Å²) < 4.78 is 0. The molecule has 2 amide bonds. The normalized spacial score (nSPS) is 9.71. The Morgan fingerprint density at radius 2 is 1.82 bits per heavy atom. The van der Waals surface area contributed by atoms with Crippen LogP contribution in [0.1, 0.15) is 0 Å². The predicted octanol–water partition coefficient (Wildman–Crippen LogP) is 3.08. The van der Waals surface area contributed by atoms with E-state index in [0.29, 0.717) is 11.5 Å². The summed E-state index contributed by atoms with van der Waals surface area (Å²) in [4.78, 5) is 19.4. The van der Waals surface area contributed by atoms with Crippen LogP contribution in [0.3, 0.4) is 0 Å². The summed E-state index contributed by atoms with van der Waals surface area (Å²) in [6.07, 6.45) is 1.62. The van der Waals surface area contributed by atoms with Crippen LogP contribution in [0.4, 0.5) is 16.3 Å². The fourth-order valence-electron chi connectivity index (χ4n) is 1.46. The summed E-state index contributed by atoms with van der Waals surface area (Å²) in [5.74, 6) is 0.511. The molecule has 0 saturated carbocycles. The number of nitrogens with one attached hydrogen (secondary N) is 1. The standard InChI is InChI=1S/C12H10ClN3O/c13-15-12(17)16(10-6-2-1-3-7-10)11-8-4-5-9-14-11/h1-9H,(H,15,17). The van der Waals surface area contributed by atoms with Gasteiger partial charge in [-0.3, -0.25) is 0 Å². The minimum atomic E-state index is -0.448. The maximum Gasteiger partial charge on any atom is 0.342 e. The van der Waals surface area contributed by atoms with E-state index in [0.717, 1.165) is 0 Å². The molecule has 1 N–H and O–H groups in total. The average molecular weight is 248 g/mol. The van der Waals surface area contributed by atoms with Gasteiger partial charge in [-0.2, -0.15) is 0 Å². The highest BCUT2D eigenvalue weighted by Crippen LogP contribution is 2.22. The number of carbonyl (C=O) groups excluding carboxylic acids is 1. The molecule has 86 valence electrons. The molecule has 4 nitrogen and oxygen atoms in total. The van der Waals surface area contributed by atoms with E-state index in [9.17, 15) is 4.79 Å². The number of anilines is 2. The van der Waals surface area contributed by atoms with E-state index < -0.39 is 6.03 Å². The zero-order valence-electron chi connectivity index (χ0n) is 8.88. The molecule has 1 aromatic heterocycles. The van der Waals surface area contributed by atoms with Crippen molar-refractivity contribution in [2.24, 2.45) is 0 Å². The molecule has 1 aromatic carbocycles. The lowest BCUT2D eigenvalue weighted by atomic mass is 10.3. The van der Waals surface area contributed by atoms with Crippen molar-refractivity contribution in [3.8, 4) is 0 Å². The molecule has 0 saturated heterocycles. The summed E-state index contributed by atoms with van der Waals surface area (Å²) in [6, 6.07) is 14.0. The van der Waals surface area contributed by atoms with Crippen LogP contribution in [-0.4, -0.2) is 11.0 Å². The van der Waals surface area contributed by atoms with Gasteiger partial charge < -0.3 is 0 Å². The Morgan fingerprint density at radius 1 is 1.12 bits per heavy atom. The minimum Gasteiger partial charge on any atom is -0.249 e. The Balaban J connectivity index is 2.43. The lowest BCUT2D eigenvalue weighted by Crippen LogP contribution is -2.32. The SMILES string of the molecule is O=C(NCl)N(c1ccccc1)c1ccccn1. The van der Waals surface area contributed by atoms with E-state index >= 15 is 0 Å². The second-order valence-corrected chi connectivity index (χ2v) is 3.45. The number of rotatable bonds is 2. The number of benzene rings is 1. The van der Waals surface area contributed by atoms with Crippen molar-refractivity contribution in [2.45, 2.75) is 0 Å². The molecule has 2 rings (SSSR count). The highest BCUT2D eigenvalue weighted by atomic mass is 35.5. The summed E-state index contributed by atoms with van der Waals surface area (Å²) in [7, 11) is 0. The number of carbonyl (C=O) groups is 1. The van der Waals surface area contributed by atoms with Crippen molar-refractivity contribution in [3.63, 3.8) is 0 Å². The van der Waals surface area contributed by atoms with Crippen LogP contribution in [0.15, 0.2) is 54.7 Å². The van der Waals surface area contributed by atoms with Crippen LogP contribution in [-0.2, 0) is 0 Å². The molecule has 0 unspecified atom stereocenters. The first-order valence-electron chi connectivity index (χ1n) is 5.00. The topological polar surface area (TPSA) is 45.2 Å². The largest absolute Gasteiger partial charge is 0.342 e. The minimum absolute atomic E-state index is 0.448. The number of hydrogen-bond acceptors (Lipinski definition) is 2. The second kappa shape index (κ2) is 5.32. The zero-order chi connectivity index (χ0) is 12.1. The third-order valence-corrected chi connectivity index (χ3v) is 2.34. The number of pyridine rings is 1. The number of amides is 2. The van der Waals surface area contributed by atoms with Gasteiger partial charge in [0.25, 0.3) is 0 Å². The molecular weight excluding hydrogens is 238 g/mol. The smallest absolute Gasteiger partial charge is 0.249 e. The van der Waals surface area contributed by atoms with Crippen LogP contribution < -0.4 is 9.74 Å². The van der Waals surface area contributed by atoms with Gasteiger partial charge in [0.2, 0.25) is 0 Å². The highest BCUT2D eigenvalue weighted by Gasteiger charge is 2.17. The van der Waals surface area contributed by atoms with E-state index in [2.05, 4.69) is 9.82 Å². The Hall–Kier alpha value is -2.07. The van der Waals surface area contributed by atoms with Crippen molar-refractivity contribution in [1.29, 1.82) is 0 Å². The summed E-state index contributed by atoms with van der Waals surface area (Å²) in [5.41, 5.74) is 0.698. The number of hydrogen-bond donors (Lipinski definition) is 1. The molecule has 0 fully saturated rings. The predicted molar refractivity (Wildman–Crippen MR) is 67.2 cm³/mol. The molecule has 0 aliphatic heterocycles. The Morgan fingerprint density at radius 3 is 2.41 bits per heavy atom. The first kappa shape index (κ1) is 11.4. The van der Waals surface area contributed by atoms with Crippen molar-refractivity contribution >= 4 is 29.3 Å². The fourth-order valence-corrected chi connectivity index (χ4v) is 1.54. The van der Waals surface area contributed by atoms with E-state index in [4.69, 9.17) is 11.8 Å². The third-order valence-electron chi connectivity index (χ3n) is 2.18. The Kier molecular flexibility index (Phi) is 3.57. The van der Waals surface area contributed by atoms with E-state index in [1.165, 1.54) is 4.90 Å². The monoisotopic (exact) mass is 247 g/mol. The molecule has 0 spiro atoms. The first-order chi connectivity index (χ1) is 8.33. The summed E-state index contributed by atoms with van der Waals surface area (Å²) in [6.45, 7) is 0. The highest BCUT2D eigenvalue weighted by molar-refractivity contribution is 6.24. The second-order valence-electron chi connectivity index (χ2n) is 3.26. The van der Waals surface area contributed by atoms with Crippen molar-refractivity contribution < 1.29 is 4.79 Å². The zero-order valence-corrected chi connectivity index (χ0v) is 9.63. The molecule has 0 aliphatic rings. The number of halogens is 1. The third kappa shape index (κ3) is 2.54. The summed E-state index contributed by atoms with van der Waals surface area (Å²) >= 11 is 5.38. The molecule has 0 bridgehead atoms. The molecule has 0 atom stereocenters. The van der Waals surface area contributed by atoms with Crippen LogP contribution in [0.2, 0.25) is 0 Å². The van der Waals surface area contributed by atoms with Crippen molar-refractivity contribution in [3.05, 3.63) is 54.7 Å². The molecule has 0 radical (unpaired) electrons.